The quantitative estimate of drug-likeness (QED) is 0.628. The molecule has 0 aliphatic carbocycles. The number of rotatable bonds is 6. The summed E-state index contributed by atoms with van der Waals surface area (Å²) in [6, 6.07) is 0.615. The van der Waals surface area contributed by atoms with Crippen LogP contribution in [0.3, 0.4) is 0 Å². The number of aromatic nitrogens is 2. The van der Waals surface area contributed by atoms with Gasteiger partial charge < -0.3 is 10.4 Å². The summed E-state index contributed by atoms with van der Waals surface area (Å²) in [5.74, 6) is -1.55. The Balaban J connectivity index is 2.73. The number of carbonyl (C=O) groups excluding carboxylic acids is 1. The molecule has 1 heterocycles. The zero-order valence-corrected chi connectivity index (χ0v) is 11.3. The van der Waals surface area contributed by atoms with E-state index in [4.69, 9.17) is 5.11 Å². The molecule has 1 aromatic rings. The molecule has 8 nitrogen and oxygen atoms in total. The van der Waals surface area contributed by atoms with Crippen molar-refractivity contribution in [3.8, 4) is 0 Å². The van der Waals surface area contributed by atoms with E-state index in [1.165, 1.54) is 6.20 Å². The molecule has 20 heavy (non-hydrogen) atoms. The number of aromatic amines is 1. The van der Waals surface area contributed by atoms with Crippen LogP contribution in [0.5, 0.6) is 0 Å². The molecule has 0 spiro atoms. The minimum Gasteiger partial charge on any atom is -0.481 e. The Hall–Kier alpha value is -2.38. The van der Waals surface area contributed by atoms with Crippen LogP contribution in [-0.4, -0.2) is 32.6 Å². The summed E-state index contributed by atoms with van der Waals surface area (Å²) in [7, 11) is 0. The number of carboxylic acid groups (broad SMARTS) is 1. The summed E-state index contributed by atoms with van der Waals surface area (Å²) >= 11 is 0. The van der Waals surface area contributed by atoms with Gasteiger partial charge >= 0.3 is 11.7 Å². The standard InChI is InChI=1S/C12H17N3O5/c1-7(2)8(5-11(18)19)13-10(17)6-15-4-3-9(16)14-12(15)20/h3-4,7-8H,5-6H2,1-2H3,(H,13,17)(H,18,19)(H,14,16,20). The Bertz CT molecular complexity index is 602. The monoisotopic (exact) mass is 283 g/mol. The van der Waals surface area contributed by atoms with Crippen LogP contribution in [0.4, 0.5) is 0 Å². The molecule has 0 radical (unpaired) electrons. The van der Waals surface area contributed by atoms with E-state index in [0.717, 1.165) is 10.6 Å². The maximum absolute atomic E-state index is 11.8. The summed E-state index contributed by atoms with van der Waals surface area (Å²) < 4.78 is 1.04. The van der Waals surface area contributed by atoms with Crippen LogP contribution in [0.15, 0.2) is 21.9 Å². The first-order valence-corrected chi connectivity index (χ1v) is 6.10. The Morgan fingerprint density at radius 3 is 2.55 bits per heavy atom. The molecule has 1 amide bonds. The average molecular weight is 283 g/mol. The van der Waals surface area contributed by atoms with Crippen molar-refractivity contribution in [1.29, 1.82) is 0 Å². The molecule has 0 saturated heterocycles. The number of carboxylic acids is 1. The SMILES string of the molecule is CC(C)C(CC(=O)O)NC(=O)Cn1ccc(=O)[nH]c1=O. The zero-order valence-electron chi connectivity index (χ0n) is 11.3. The van der Waals surface area contributed by atoms with Gasteiger partial charge in [0.1, 0.15) is 6.54 Å². The highest BCUT2D eigenvalue weighted by Gasteiger charge is 2.19. The molecule has 3 N–H and O–H groups in total. The van der Waals surface area contributed by atoms with Gasteiger partial charge in [0.15, 0.2) is 0 Å². The molecule has 1 aromatic heterocycles. The molecule has 1 unspecified atom stereocenters. The molecule has 1 atom stereocenters. The van der Waals surface area contributed by atoms with Gasteiger partial charge in [-0.1, -0.05) is 13.8 Å². The Labute approximate surface area is 114 Å². The summed E-state index contributed by atoms with van der Waals surface area (Å²) in [6.45, 7) is 3.30. The van der Waals surface area contributed by atoms with Crippen LogP contribution in [0, 0.1) is 5.92 Å². The molecule has 0 bridgehead atoms. The van der Waals surface area contributed by atoms with Crippen molar-refractivity contribution in [2.75, 3.05) is 0 Å². The highest BCUT2D eigenvalue weighted by Crippen LogP contribution is 2.06. The summed E-state index contributed by atoms with van der Waals surface area (Å²) in [6.07, 6.45) is 1.02. The predicted octanol–water partition coefficient (Wildman–Crippen LogP) is -0.848. The van der Waals surface area contributed by atoms with Gasteiger partial charge in [-0.25, -0.2) is 4.79 Å². The normalized spacial score (nSPS) is 12.2. The molecule has 0 aromatic carbocycles. The second kappa shape index (κ2) is 6.69. The van der Waals surface area contributed by atoms with E-state index < -0.39 is 29.2 Å². The van der Waals surface area contributed by atoms with Crippen molar-refractivity contribution in [2.24, 2.45) is 5.92 Å². The Morgan fingerprint density at radius 1 is 1.40 bits per heavy atom. The minimum absolute atomic E-state index is 0.0534. The summed E-state index contributed by atoms with van der Waals surface area (Å²) in [5, 5.41) is 11.3. The van der Waals surface area contributed by atoms with E-state index >= 15 is 0 Å². The smallest absolute Gasteiger partial charge is 0.328 e. The fraction of sp³-hybridized carbons (Fsp3) is 0.500. The molecular weight excluding hydrogens is 266 g/mol. The fourth-order valence-electron chi connectivity index (χ4n) is 1.62. The lowest BCUT2D eigenvalue weighted by Gasteiger charge is -2.20. The number of aliphatic carboxylic acids is 1. The van der Waals surface area contributed by atoms with Crippen molar-refractivity contribution in [1.82, 2.24) is 14.9 Å². The van der Waals surface area contributed by atoms with Gasteiger partial charge in [-0.05, 0) is 5.92 Å². The van der Waals surface area contributed by atoms with Gasteiger partial charge in [0, 0.05) is 18.3 Å². The van der Waals surface area contributed by atoms with Crippen LogP contribution < -0.4 is 16.6 Å². The van der Waals surface area contributed by atoms with Crippen molar-refractivity contribution >= 4 is 11.9 Å². The predicted molar refractivity (Wildman–Crippen MR) is 70.3 cm³/mol. The van der Waals surface area contributed by atoms with Crippen LogP contribution in [-0.2, 0) is 16.1 Å². The lowest BCUT2D eigenvalue weighted by molar-refractivity contribution is -0.138. The fourth-order valence-corrected chi connectivity index (χ4v) is 1.62. The Kier molecular flexibility index (Phi) is 5.24. The van der Waals surface area contributed by atoms with Crippen LogP contribution in [0.1, 0.15) is 20.3 Å². The topological polar surface area (TPSA) is 121 Å². The first kappa shape index (κ1) is 15.7. The molecule has 8 heteroatoms. The van der Waals surface area contributed by atoms with Gasteiger partial charge in [0.05, 0.1) is 6.42 Å². The first-order valence-electron chi connectivity index (χ1n) is 6.10. The van der Waals surface area contributed by atoms with Crippen molar-refractivity contribution < 1.29 is 14.7 Å². The van der Waals surface area contributed by atoms with E-state index in [9.17, 15) is 19.2 Å². The van der Waals surface area contributed by atoms with E-state index in [1.54, 1.807) is 13.8 Å². The van der Waals surface area contributed by atoms with Gasteiger partial charge in [0.2, 0.25) is 5.91 Å². The highest BCUT2D eigenvalue weighted by atomic mass is 16.4. The van der Waals surface area contributed by atoms with E-state index in [-0.39, 0.29) is 18.9 Å². The molecule has 0 aliphatic heterocycles. The molecule has 110 valence electrons. The summed E-state index contributed by atoms with van der Waals surface area (Å²) in [4.78, 5) is 46.8. The Morgan fingerprint density at radius 2 is 2.05 bits per heavy atom. The largest absolute Gasteiger partial charge is 0.481 e. The third kappa shape index (κ3) is 4.71. The molecule has 1 rings (SSSR count). The van der Waals surface area contributed by atoms with Crippen molar-refractivity contribution in [2.45, 2.75) is 32.9 Å². The molecular formula is C12H17N3O5. The average Bonchev–Trinajstić information content (AvgIpc) is 2.31. The van der Waals surface area contributed by atoms with E-state index in [1.807, 2.05) is 4.98 Å². The van der Waals surface area contributed by atoms with E-state index in [2.05, 4.69) is 5.32 Å². The second-order valence-electron chi connectivity index (χ2n) is 4.75. The van der Waals surface area contributed by atoms with Crippen LogP contribution >= 0.6 is 0 Å². The van der Waals surface area contributed by atoms with Gasteiger partial charge in [-0.3, -0.25) is 23.9 Å². The number of nitrogens with one attached hydrogen (secondary N) is 2. The number of nitrogens with zero attached hydrogens (tertiary/aromatic N) is 1. The van der Waals surface area contributed by atoms with E-state index in [0.29, 0.717) is 0 Å². The lowest BCUT2D eigenvalue weighted by atomic mass is 10.0. The van der Waals surface area contributed by atoms with Gasteiger partial charge in [0.25, 0.3) is 5.56 Å². The molecule has 0 aliphatic rings. The maximum Gasteiger partial charge on any atom is 0.328 e. The van der Waals surface area contributed by atoms with Crippen molar-refractivity contribution in [3.63, 3.8) is 0 Å². The van der Waals surface area contributed by atoms with Gasteiger partial charge in [-0.2, -0.15) is 0 Å². The van der Waals surface area contributed by atoms with Crippen LogP contribution in [0.2, 0.25) is 0 Å². The summed E-state index contributed by atoms with van der Waals surface area (Å²) in [5.41, 5.74) is -1.23. The molecule has 0 saturated carbocycles. The second-order valence-corrected chi connectivity index (χ2v) is 4.75. The number of H-pyrrole nitrogens is 1. The number of hydrogen-bond acceptors (Lipinski definition) is 4. The number of hydrogen-bond donors (Lipinski definition) is 3. The lowest BCUT2D eigenvalue weighted by Crippen LogP contribution is -2.43. The third-order valence-electron chi connectivity index (χ3n) is 2.76. The number of carbonyl (C=O) groups is 2. The molecule has 0 fully saturated rings. The number of amides is 1. The van der Waals surface area contributed by atoms with Gasteiger partial charge in [-0.15, -0.1) is 0 Å². The third-order valence-corrected chi connectivity index (χ3v) is 2.76. The highest BCUT2D eigenvalue weighted by molar-refractivity contribution is 5.77. The maximum atomic E-state index is 11.8. The first-order chi connectivity index (χ1) is 9.29. The van der Waals surface area contributed by atoms with Crippen molar-refractivity contribution in [3.05, 3.63) is 33.1 Å². The zero-order chi connectivity index (χ0) is 15.3. The minimum atomic E-state index is -1.01. The van der Waals surface area contributed by atoms with Crippen LogP contribution in [0.25, 0.3) is 0 Å².